The van der Waals surface area contributed by atoms with Crippen LogP contribution in [0.5, 0.6) is 0 Å². The van der Waals surface area contributed by atoms with Crippen molar-refractivity contribution < 1.29 is 18.0 Å². The molecule has 1 unspecified atom stereocenters. The SMILES string of the molecule is CCC(C(=O)NC)N(Cc1ccc(Cl)cc1Cl)C(=O)CN(c1c(C)cccc1C)S(C)(=O)=O. The summed E-state index contributed by atoms with van der Waals surface area (Å²) < 4.78 is 26.5. The minimum absolute atomic E-state index is 0.0190. The van der Waals surface area contributed by atoms with Crippen LogP contribution in [0.25, 0.3) is 0 Å². The van der Waals surface area contributed by atoms with Gasteiger partial charge in [0, 0.05) is 23.6 Å². The van der Waals surface area contributed by atoms with E-state index in [0.29, 0.717) is 27.7 Å². The summed E-state index contributed by atoms with van der Waals surface area (Å²) in [6.07, 6.45) is 1.39. The zero-order chi connectivity index (χ0) is 24.9. The number of carbonyl (C=O) groups excluding carboxylic acids is 2. The molecular formula is C23H29Cl2N3O4S. The van der Waals surface area contributed by atoms with Gasteiger partial charge in [-0.1, -0.05) is 54.4 Å². The van der Waals surface area contributed by atoms with E-state index >= 15 is 0 Å². The van der Waals surface area contributed by atoms with Crippen LogP contribution in [0.1, 0.15) is 30.0 Å². The van der Waals surface area contributed by atoms with Crippen LogP contribution >= 0.6 is 23.2 Å². The highest BCUT2D eigenvalue weighted by Gasteiger charge is 2.32. The molecule has 0 saturated carbocycles. The minimum atomic E-state index is -3.79. The molecule has 33 heavy (non-hydrogen) atoms. The predicted octanol–water partition coefficient (Wildman–Crippen LogP) is 3.93. The van der Waals surface area contributed by atoms with E-state index < -0.39 is 28.5 Å². The van der Waals surface area contributed by atoms with Crippen molar-refractivity contribution in [3.8, 4) is 0 Å². The molecule has 2 aromatic rings. The van der Waals surface area contributed by atoms with Crippen LogP contribution in [0.2, 0.25) is 10.0 Å². The molecular weight excluding hydrogens is 485 g/mol. The molecule has 2 rings (SSSR count). The lowest BCUT2D eigenvalue weighted by Gasteiger charge is -2.33. The molecule has 10 heteroatoms. The third-order valence-corrected chi connectivity index (χ3v) is 7.06. The Bertz CT molecular complexity index is 1120. The van der Waals surface area contributed by atoms with Gasteiger partial charge in [0.15, 0.2) is 0 Å². The van der Waals surface area contributed by atoms with E-state index in [2.05, 4.69) is 5.32 Å². The summed E-state index contributed by atoms with van der Waals surface area (Å²) in [5.74, 6) is -0.876. The molecule has 0 aliphatic heterocycles. The maximum absolute atomic E-state index is 13.6. The van der Waals surface area contributed by atoms with E-state index in [1.165, 1.54) is 11.9 Å². The third-order valence-electron chi connectivity index (χ3n) is 5.36. The first-order valence-corrected chi connectivity index (χ1v) is 13.0. The summed E-state index contributed by atoms with van der Waals surface area (Å²) in [7, 11) is -2.31. The number of carbonyl (C=O) groups is 2. The third kappa shape index (κ3) is 6.62. The number of rotatable bonds is 9. The monoisotopic (exact) mass is 513 g/mol. The van der Waals surface area contributed by atoms with E-state index in [0.717, 1.165) is 21.7 Å². The maximum atomic E-state index is 13.6. The number of sulfonamides is 1. The fourth-order valence-electron chi connectivity index (χ4n) is 3.69. The maximum Gasteiger partial charge on any atom is 0.244 e. The molecule has 2 aromatic carbocycles. The van der Waals surface area contributed by atoms with Crippen molar-refractivity contribution in [1.29, 1.82) is 0 Å². The van der Waals surface area contributed by atoms with E-state index in [1.54, 1.807) is 51.1 Å². The number of likely N-dealkylation sites (N-methyl/N-ethyl adjacent to an activating group) is 1. The molecule has 0 spiro atoms. The molecule has 0 saturated heterocycles. The van der Waals surface area contributed by atoms with Crippen molar-refractivity contribution >= 4 is 50.7 Å². The molecule has 0 aliphatic rings. The number of nitrogens with one attached hydrogen (secondary N) is 1. The summed E-state index contributed by atoms with van der Waals surface area (Å²) in [6, 6.07) is 9.47. The second kappa shape index (κ2) is 11.2. The van der Waals surface area contributed by atoms with Crippen molar-refractivity contribution in [2.75, 3.05) is 24.2 Å². The van der Waals surface area contributed by atoms with Crippen molar-refractivity contribution in [1.82, 2.24) is 10.2 Å². The van der Waals surface area contributed by atoms with Crippen LogP contribution in [-0.2, 0) is 26.2 Å². The summed E-state index contributed by atoms with van der Waals surface area (Å²) in [6.45, 7) is 4.92. The Balaban J connectivity index is 2.52. The molecule has 7 nitrogen and oxygen atoms in total. The lowest BCUT2D eigenvalue weighted by Crippen LogP contribution is -2.51. The lowest BCUT2D eigenvalue weighted by atomic mass is 10.1. The van der Waals surface area contributed by atoms with Gasteiger partial charge in [-0.2, -0.15) is 0 Å². The first kappa shape index (κ1) is 27.0. The van der Waals surface area contributed by atoms with Gasteiger partial charge in [-0.25, -0.2) is 8.42 Å². The number of anilines is 1. The first-order valence-electron chi connectivity index (χ1n) is 10.4. The Hall–Kier alpha value is -2.29. The van der Waals surface area contributed by atoms with Gasteiger partial charge in [-0.3, -0.25) is 13.9 Å². The fourth-order valence-corrected chi connectivity index (χ4v) is 5.13. The van der Waals surface area contributed by atoms with E-state index in [9.17, 15) is 18.0 Å². The first-order chi connectivity index (χ1) is 15.4. The number of hydrogen-bond donors (Lipinski definition) is 1. The van der Waals surface area contributed by atoms with E-state index in [-0.39, 0.29) is 12.5 Å². The van der Waals surface area contributed by atoms with Crippen LogP contribution in [0, 0.1) is 13.8 Å². The number of para-hydroxylation sites is 1. The lowest BCUT2D eigenvalue weighted by molar-refractivity contribution is -0.140. The number of benzene rings is 2. The summed E-state index contributed by atoms with van der Waals surface area (Å²) in [5.41, 5.74) is 2.48. The molecule has 180 valence electrons. The number of nitrogens with zero attached hydrogens (tertiary/aromatic N) is 2. The molecule has 1 N–H and O–H groups in total. The Morgan fingerprint density at radius 2 is 1.70 bits per heavy atom. The van der Waals surface area contributed by atoms with Gasteiger partial charge in [-0.05, 0) is 49.1 Å². The summed E-state index contributed by atoms with van der Waals surface area (Å²) in [4.78, 5) is 27.5. The smallest absolute Gasteiger partial charge is 0.244 e. The highest BCUT2D eigenvalue weighted by molar-refractivity contribution is 7.92. The summed E-state index contributed by atoms with van der Waals surface area (Å²) in [5, 5.41) is 3.37. The standard InChI is InChI=1S/C23H29Cl2N3O4S/c1-6-20(23(30)26-4)27(13-17-10-11-18(24)12-19(17)25)21(29)14-28(33(5,31)32)22-15(2)8-7-9-16(22)3/h7-12,20H,6,13-14H2,1-5H3,(H,26,30). The molecule has 0 bridgehead atoms. The van der Waals surface area contributed by atoms with Crippen LogP contribution < -0.4 is 9.62 Å². The van der Waals surface area contributed by atoms with E-state index in [4.69, 9.17) is 23.2 Å². The Morgan fingerprint density at radius 3 is 2.18 bits per heavy atom. The minimum Gasteiger partial charge on any atom is -0.357 e. The highest BCUT2D eigenvalue weighted by Crippen LogP contribution is 2.28. The number of hydrogen-bond acceptors (Lipinski definition) is 4. The van der Waals surface area contributed by atoms with E-state index in [1.807, 2.05) is 6.07 Å². The van der Waals surface area contributed by atoms with Crippen LogP contribution in [0.3, 0.4) is 0 Å². The number of aryl methyl sites for hydroxylation is 2. The van der Waals surface area contributed by atoms with Crippen LogP contribution in [-0.4, -0.2) is 51.0 Å². The Labute approximate surface area is 205 Å². The van der Waals surface area contributed by atoms with Crippen molar-refractivity contribution in [2.24, 2.45) is 0 Å². The van der Waals surface area contributed by atoms with Gasteiger partial charge in [-0.15, -0.1) is 0 Å². The molecule has 0 fully saturated rings. The van der Waals surface area contributed by atoms with Crippen molar-refractivity contribution in [3.05, 3.63) is 63.1 Å². The molecule has 0 aliphatic carbocycles. The van der Waals surface area contributed by atoms with Crippen molar-refractivity contribution in [3.63, 3.8) is 0 Å². The molecule has 0 aromatic heterocycles. The largest absolute Gasteiger partial charge is 0.357 e. The zero-order valence-corrected chi connectivity index (χ0v) is 21.7. The fraction of sp³-hybridized carbons (Fsp3) is 0.391. The van der Waals surface area contributed by atoms with Gasteiger partial charge in [0.1, 0.15) is 12.6 Å². The zero-order valence-electron chi connectivity index (χ0n) is 19.4. The quantitative estimate of drug-likeness (QED) is 0.550. The van der Waals surface area contributed by atoms with Gasteiger partial charge in [0.05, 0.1) is 11.9 Å². The van der Waals surface area contributed by atoms with Crippen LogP contribution in [0.4, 0.5) is 5.69 Å². The Kier molecular flexibility index (Phi) is 9.17. The number of amides is 2. The molecule has 1 atom stereocenters. The highest BCUT2D eigenvalue weighted by atomic mass is 35.5. The normalized spacial score (nSPS) is 12.2. The number of halogens is 2. The van der Waals surface area contributed by atoms with Gasteiger partial charge in [0.25, 0.3) is 0 Å². The van der Waals surface area contributed by atoms with Gasteiger partial charge >= 0.3 is 0 Å². The molecule has 0 heterocycles. The van der Waals surface area contributed by atoms with Gasteiger partial charge in [0.2, 0.25) is 21.8 Å². The average Bonchev–Trinajstić information content (AvgIpc) is 2.73. The predicted molar refractivity (Wildman–Crippen MR) is 133 cm³/mol. The van der Waals surface area contributed by atoms with Crippen LogP contribution in [0.15, 0.2) is 36.4 Å². The molecule has 0 radical (unpaired) electrons. The molecule has 2 amide bonds. The second-order valence-corrected chi connectivity index (χ2v) is 10.6. The summed E-state index contributed by atoms with van der Waals surface area (Å²) >= 11 is 12.3. The Morgan fingerprint density at radius 1 is 1.09 bits per heavy atom. The topological polar surface area (TPSA) is 86.8 Å². The van der Waals surface area contributed by atoms with Crippen molar-refractivity contribution in [2.45, 2.75) is 39.8 Å². The van der Waals surface area contributed by atoms with Gasteiger partial charge < -0.3 is 10.2 Å². The average molecular weight is 514 g/mol. The second-order valence-electron chi connectivity index (χ2n) is 7.81.